The second-order valence-electron chi connectivity index (χ2n) is 4.69. The number of methoxy groups -OCH3 is 1. The highest BCUT2D eigenvalue weighted by molar-refractivity contribution is 5.85. The Morgan fingerprint density at radius 1 is 1.35 bits per heavy atom. The molecule has 0 spiro atoms. The van der Waals surface area contributed by atoms with Crippen molar-refractivity contribution in [1.82, 2.24) is 4.90 Å². The number of benzene rings is 1. The van der Waals surface area contributed by atoms with E-state index in [9.17, 15) is 4.79 Å². The lowest BCUT2D eigenvalue weighted by atomic mass is 10.1. The van der Waals surface area contributed by atoms with Crippen molar-refractivity contribution in [1.29, 1.82) is 0 Å². The van der Waals surface area contributed by atoms with E-state index in [1.165, 1.54) is 0 Å². The third-order valence-electron chi connectivity index (χ3n) is 3.30. The molecule has 1 aliphatic heterocycles. The fourth-order valence-electron chi connectivity index (χ4n) is 2.08. The van der Waals surface area contributed by atoms with Gasteiger partial charge in [-0.25, -0.2) is 0 Å². The van der Waals surface area contributed by atoms with E-state index in [1.54, 1.807) is 13.2 Å². The van der Waals surface area contributed by atoms with E-state index in [2.05, 4.69) is 0 Å². The van der Waals surface area contributed by atoms with Crippen LogP contribution in [0.25, 0.3) is 0 Å². The second kappa shape index (κ2) is 7.97. The molecule has 2 N–H and O–H groups in total. The molecule has 112 valence electrons. The summed E-state index contributed by atoms with van der Waals surface area (Å²) in [6, 6.07) is 7.46. The first kappa shape index (κ1) is 16.6. The molecule has 1 heterocycles. The van der Waals surface area contributed by atoms with Crippen LogP contribution < -0.4 is 15.2 Å². The molecule has 1 fully saturated rings. The minimum Gasteiger partial charge on any atom is -0.497 e. The summed E-state index contributed by atoms with van der Waals surface area (Å²) in [7, 11) is 1.60. The molecule has 0 saturated carbocycles. The fraction of sp³-hybridized carbons (Fsp3) is 0.500. The van der Waals surface area contributed by atoms with E-state index in [-0.39, 0.29) is 31.0 Å². The highest BCUT2D eigenvalue weighted by atomic mass is 35.5. The second-order valence-corrected chi connectivity index (χ2v) is 4.69. The largest absolute Gasteiger partial charge is 0.497 e. The molecule has 6 heteroatoms. The Bertz CT molecular complexity index is 434. The zero-order valence-corrected chi connectivity index (χ0v) is 12.4. The average molecular weight is 301 g/mol. The SMILES string of the molecule is COc1cccc(OCC(=O)N2CCC(N)CC2)c1.Cl. The van der Waals surface area contributed by atoms with Gasteiger partial charge in [0.2, 0.25) is 0 Å². The number of amides is 1. The van der Waals surface area contributed by atoms with Gasteiger partial charge in [-0.15, -0.1) is 12.4 Å². The molecule has 5 nitrogen and oxygen atoms in total. The normalized spacial score (nSPS) is 15.4. The van der Waals surface area contributed by atoms with Gasteiger partial charge in [0.1, 0.15) is 11.5 Å². The number of hydrogen-bond acceptors (Lipinski definition) is 4. The number of likely N-dealkylation sites (tertiary alicyclic amines) is 1. The quantitative estimate of drug-likeness (QED) is 0.914. The first-order chi connectivity index (χ1) is 9.19. The smallest absolute Gasteiger partial charge is 0.260 e. The first-order valence-electron chi connectivity index (χ1n) is 6.49. The summed E-state index contributed by atoms with van der Waals surface area (Å²) in [5.41, 5.74) is 5.81. The van der Waals surface area contributed by atoms with Crippen LogP contribution in [-0.4, -0.2) is 43.7 Å². The number of nitrogens with two attached hydrogens (primary N) is 1. The molecule has 1 aromatic carbocycles. The summed E-state index contributed by atoms with van der Waals surface area (Å²) >= 11 is 0. The molecule has 1 aromatic rings. The van der Waals surface area contributed by atoms with Gasteiger partial charge in [0.25, 0.3) is 5.91 Å². The predicted molar refractivity (Wildman–Crippen MR) is 79.5 cm³/mol. The highest BCUT2D eigenvalue weighted by Gasteiger charge is 2.20. The minimum absolute atomic E-state index is 0. The predicted octanol–water partition coefficient (Wildman–Crippen LogP) is 1.45. The summed E-state index contributed by atoms with van der Waals surface area (Å²) in [6.45, 7) is 1.51. The summed E-state index contributed by atoms with van der Waals surface area (Å²) in [5.74, 6) is 1.37. The Morgan fingerprint density at radius 2 is 2.00 bits per heavy atom. The maximum Gasteiger partial charge on any atom is 0.260 e. The fourth-order valence-corrected chi connectivity index (χ4v) is 2.08. The van der Waals surface area contributed by atoms with Crippen molar-refractivity contribution in [2.45, 2.75) is 18.9 Å². The lowest BCUT2D eigenvalue weighted by Gasteiger charge is -2.30. The van der Waals surface area contributed by atoms with Crippen LogP contribution in [0, 0.1) is 0 Å². The molecular formula is C14H21ClN2O3. The highest BCUT2D eigenvalue weighted by Crippen LogP contribution is 2.19. The number of ether oxygens (including phenoxy) is 2. The van der Waals surface area contributed by atoms with Crippen LogP contribution in [0.5, 0.6) is 11.5 Å². The molecule has 0 aliphatic carbocycles. The number of hydrogen-bond donors (Lipinski definition) is 1. The van der Waals surface area contributed by atoms with Crippen LogP contribution in [0.1, 0.15) is 12.8 Å². The Morgan fingerprint density at radius 3 is 2.65 bits per heavy atom. The van der Waals surface area contributed by atoms with Crippen molar-refractivity contribution in [2.75, 3.05) is 26.8 Å². The Hall–Kier alpha value is -1.46. The van der Waals surface area contributed by atoms with Crippen LogP contribution in [0.2, 0.25) is 0 Å². The topological polar surface area (TPSA) is 64.8 Å². The van der Waals surface area contributed by atoms with E-state index in [1.807, 2.05) is 23.1 Å². The average Bonchev–Trinajstić information content (AvgIpc) is 2.46. The molecule has 1 saturated heterocycles. The van der Waals surface area contributed by atoms with Gasteiger partial charge in [-0.2, -0.15) is 0 Å². The monoisotopic (exact) mass is 300 g/mol. The Kier molecular flexibility index (Phi) is 6.61. The van der Waals surface area contributed by atoms with Crippen molar-refractivity contribution < 1.29 is 14.3 Å². The van der Waals surface area contributed by atoms with Crippen LogP contribution in [0.4, 0.5) is 0 Å². The standard InChI is InChI=1S/C14H20N2O3.ClH/c1-18-12-3-2-4-13(9-12)19-10-14(17)16-7-5-11(15)6-8-16;/h2-4,9,11H,5-8,10,15H2,1H3;1H. The van der Waals surface area contributed by atoms with Crippen LogP contribution in [-0.2, 0) is 4.79 Å². The third kappa shape index (κ3) is 4.58. The van der Waals surface area contributed by atoms with Crippen molar-refractivity contribution in [3.63, 3.8) is 0 Å². The third-order valence-corrected chi connectivity index (χ3v) is 3.30. The number of carbonyl (C=O) groups is 1. The van der Waals surface area contributed by atoms with Gasteiger partial charge in [-0.1, -0.05) is 6.07 Å². The van der Waals surface area contributed by atoms with Crippen molar-refractivity contribution in [2.24, 2.45) is 5.73 Å². The molecule has 0 radical (unpaired) electrons. The summed E-state index contributed by atoms with van der Waals surface area (Å²) in [5, 5.41) is 0. The van der Waals surface area contributed by atoms with Gasteiger partial charge >= 0.3 is 0 Å². The van der Waals surface area contributed by atoms with E-state index >= 15 is 0 Å². The van der Waals surface area contributed by atoms with E-state index in [0.717, 1.165) is 25.9 Å². The summed E-state index contributed by atoms with van der Waals surface area (Å²) < 4.78 is 10.6. The number of piperidine rings is 1. The molecule has 0 atom stereocenters. The maximum absolute atomic E-state index is 12.0. The van der Waals surface area contributed by atoms with Crippen molar-refractivity contribution >= 4 is 18.3 Å². The van der Waals surface area contributed by atoms with E-state index in [0.29, 0.717) is 11.5 Å². The van der Waals surface area contributed by atoms with E-state index < -0.39 is 0 Å². The molecule has 2 rings (SSSR count). The maximum atomic E-state index is 12.0. The summed E-state index contributed by atoms with van der Waals surface area (Å²) in [4.78, 5) is 13.8. The Labute approximate surface area is 125 Å². The molecule has 0 bridgehead atoms. The van der Waals surface area contributed by atoms with Gasteiger partial charge < -0.3 is 20.1 Å². The number of rotatable bonds is 4. The molecule has 0 unspecified atom stereocenters. The molecular weight excluding hydrogens is 280 g/mol. The first-order valence-corrected chi connectivity index (χ1v) is 6.49. The molecule has 1 aliphatic rings. The van der Waals surface area contributed by atoms with Crippen LogP contribution in [0.15, 0.2) is 24.3 Å². The number of carbonyl (C=O) groups excluding carboxylic acids is 1. The molecule has 0 aromatic heterocycles. The van der Waals surface area contributed by atoms with Crippen LogP contribution >= 0.6 is 12.4 Å². The van der Waals surface area contributed by atoms with Crippen LogP contribution in [0.3, 0.4) is 0 Å². The van der Waals surface area contributed by atoms with E-state index in [4.69, 9.17) is 15.2 Å². The molecule has 1 amide bonds. The number of nitrogens with zero attached hydrogens (tertiary/aromatic N) is 1. The van der Waals surface area contributed by atoms with Gasteiger partial charge in [-0.3, -0.25) is 4.79 Å². The van der Waals surface area contributed by atoms with Crippen molar-refractivity contribution in [3.8, 4) is 11.5 Å². The lowest BCUT2D eigenvalue weighted by molar-refractivity contribution is -0.134. The van der Waals surface area contributed by atoms with Gasteiger partial charge in [0, 0.05) is 25.2 Å². The van der Waals surface area contributed by atoms with Crippen molar-refractivity contribution in [3.05, 3.63) is 24.3 Å². The Balaban J connectivity index is 0.00000200. The zero-order chi connectivity index (χ0) is 13.7. The lowest BCUT2D eigenvalue weighted by Crippen LogP contribution is -2.44. The zero-order valence-electron chi connectivity index (χ0n) is 11.6. The van der Waals surface area contributed by atoms with Gasteiger partial charge in [-0.05, 0) is 25.0 Å². The summed E-state index contributed by atoms with van der Waals surface area (Å²) in [6.07, 6.45) is 1.73. The number of halogens is 1. The minimum atomic E-state index is 0. The van der Waals surface area contributed by atoms with Gasteiger partial charge in [0.05, 0.1) is 7.11 Å². The van der Waals surface area contributed by atoms with Gasteiger partial charge in [0.15, 0.2) is 6.61 Å². The molecule has 20 heavy (non-hydrogen) atoms.